The van der Waals surface area contributed by atoms with Crippen molar-refractivity contribution >= 4 is 0 Å². The van der Waals surface area contributed by atoms with Crippen LogP contribution in [0.25, 0.3) is 0 Å². The van der Waals surface area contributed by atoms with Crippen molar-refractivity contribution in [2.24, 2.45) is 5.92 Å². The van der Waals surface area contributed by atoms with Gasteiger partial charge in [-0.1, -0.05) is 0 Å². The molecule has 1 saturated carbocycles. The average Bonchev–Trinajstić information content (AvgIpc) is 2.43. The number of aliphatic hydroxyl groups excluding tert-OH is 3. The van der Waals surface area contributed by atoms with E-state index in [0.29, 0.717) is 18.6 Å². The fourth-order valence-electron chi connectivity index (χ4n) is 3.37. The van der Waals surface area contributed by atoms with E-state index in [-0.39, 0.29) is 6.04 Å². The van der Waals surface area contributed by atoms with Gasteiger partial charge in [-0.2, -0.15) is 0 Å². The second-order valence-corrected chi connectivity index (χ2v) is 6.12. The lowest BCUT2D eigenvalue weighted by Gasteiger charge is -2.44. The van der Waals surface area contributed by atoms with Crippen LogP contribution >= 0.6 is 0 Å². The molecule has 112 valence electrons. The molecule has 2 rings (SSSR count). The number of likely N-dealkylation sites (tertiary alicyclic amines) is 1. The standard InChI is InChI=1S/C14H27NO4/c1-9-13(17)14(18)12(16)8-15(9)7-10-3-5-11(19-2)6-4-10/h9-14,16-18H,3-8H2,1-2H3/t9-,10-,11+,12+,13-,14-/m1/s1. The van der Waals surface area contributed by atoms with E-state index in [1.54, 1.807) is 7.11 Å². The van der Waals surface area contributed by atoms with Gasteiger partial charge in [-0.15, -0.1) is 0 Å². The van der Waals surface area contributed by atoms with Gasteiger partial charge in [-0.3, -0.25) is 4.90 Å². The largest absolute Gasteiger partial charge is 0.389 e. The predicted octanol–water partition coefficient (Wildman–Crippen LogP) is -0.0216. The number of aliphatic hydroxyl groups is 3. The van der Waals surface area contributed by atoms with Gasteiger partial charge in [-0.05, 0) is 38.5 Å². The summed E-state index contributed by atoms with van der Waals surface area (Å²) >= 11 is 0. The van der Waals surface area contributed by atoms with E-state index in [2.05, 4.69) is 4.90 Å². The van der Waals surface area contributed by atoms with Crippen LogP contribution in [-0.4, -0.2) is 70.9 Å². The lowest BCUT2D eigenvalue weighted by atomic mass is 9.85. The second kappa shape index (κ2) is 6.50. The van der Waals surface area contributed by atoms with Crippen molar-refractivity contribution in [2.45, 2.75) is 63.1 Å². The van der Waals surface area contributed by atoms with Gasteiger partial charge in [0.25, 0.3) is 0 Å². The molecule has 0 radical (unpaired) electrons. The Morgan fingerprint density at radius 2 is 1.68 bits per heavy atom. The molecule has 2 aliphatic rings. The summed E-state index contributed by atoms with van der Waals surface area (Å²) in [4.78, 5) is 2.11. The van der Waals surface area contributed by atoms with E-state index >= 15 is 0 Å². The van der Waals surface area contributed by atoms with Gasteiger partial charge in [0.05, 0.1) is 18.3 Å². The highest BCUT2D eigenvalue weighted by atomic mass is 16.5. The number of piperidine rings is 1. The molecule has 5 heteroatoms. The Morgan fingerprint density at radius 3 is 2.26 bits per heavy atom. The maximum absolute atomic E-state index is 9.92. The third kappa shape index (κ3) is 3.47. The van der Waals surface area contributed by atoms with Gasteiger partial charge in [0.15, 0.2) is 0 Å². The molecule has 0 aromatic carbocycles. The van der Waals surface area contributed by atoms with Crippen molar-refractivity contribution in [1.29, 1.82) is 0 Å². The molecule has 1 aliphatic heterocycles. The normalized spacial score (nSPS) is 45.3. The van der Waals surface area contributed by atoms with Crippen LogP contribution in [0.1, 0.15) is 32.6 Å². The van der Waals surface area contributed by atoms with Gasteiger partial charge >= 0.3 is 0 Å². The van der Waals surface area contributed by atoms with Crippen LogP contribution in [-0.2, 0) is 4.74 Å². The molecule has 5 nitrogen and oxygen atoms in total. The Labute approximate surface area is 115 Å². The molecule has 3 N–H and O–H groups in total. The van der Waals surface area contributed by atoms with Gasteiger partial charge in [0, 0.05) is 26.2 Å². The van der Waals surface area contributed by atoms with E-state index < -0.39 is 18.3 Å². The molecular weight excluding hydrogens is 246 g/mol. The quantitative estimate of drug-likeness (QED) is 0.674. The van der Waals surface area contributed by atoms with Crippen molar-refractivity contribution in [3.63, 3.8) is 0 Å². The first-order valence-electron chi connectivity index (χ1n) is 7.34. The predicted molar refractivity (Wildman–Crippen MR) is 71.8 cm³/mol. The van der Waals surface area contributed by atoms with Crippen LogP contribution in [0.4, 0.5) is 0 Å². The lowest BCUT2D eigenvalue weighted by molar-refractivity contribution is -0.136. The molecule has 4 atom stereocenters. The molecule has 1 saturated heterocycles. The summed E-state index contributed by atoms with van der Waals surface area (Å²) in [5, 5.41) is 29.4. The molecule has 0 spiro atoms. The third-order valence-corrected chi connectivity index (χ3v) is 4.86. The zero-order chi connectivity index (χ0) is 14.0. The lowest BCUT2D eigenvalue weighted by Crippen LogP contribution is -2.60. The van der Waals surface area contributed by atoms with E-state index in [1.807, 2.05) is 6.92 Å². The zero-order valence-electron chi connectivity index (χ0n) is 11.9. The zero-order valence-corrected chi connectivity index (χ0v) is 11.9. The SMILES string of the molecule is CO[C@H]1CC[C@@H](CN2C[C@H](O)[C@@H](O)[C@H](O)[C@H]2C)CC1. The Bertz CT molecular complexity index is 281. The molecule has 0 bridgehead atoms. The monoisotopic (exact) mass is 273 g/mol. The van der Waals surface area contributed by atoms with Crippen LogP contribution in [0.2, 0.25) is 0 Å². The molecule has 0 aromatic rings. The van der Waals surface area contributed by atoms with Crippen molar-refractivity contribution in [2.75, 3.05) is 20.2 Å². The number of nitrogens with zero attached hydrogens (tertiary/aromatic N) is 1. The summed E-state index contributed by atoms with van der Waals surface area (Å²) in [5.74, 6) is 0.600. The van der Waals surface area contributed by atoms with Gasteiger partial charge in [0.1, 0.15) is 6.10 Å². The molecular formula is C14H27NO4. The van der Waals surface area contributed by atoms with Crippen molar-refractivity contribution in [3.8, 4) is 0 Å². The fraction of sp³-hybridized carbons (Fsp3) is 1.00. The highest BCUT2D eigenvalue weighted by molar-refractivity contribution is 4.93. The highest BCUT2D eigenvalue weighted by Gasteiger charge is 2.39. The molecule has 2 fully saturated rings. The average molecular weight is 273 g/mol. The van der Waals surface area contributed by atoms with E-state index in [4.69, 9.17) is 4.74 Å². The van der Waals surface area contributed by atoms with Crippen LogP contribution < -0.4 is 0 Å². The molecule has 1 aliphatic carbocycles. The minimum Gasteiger partial charge on any atom is -0.389 e. The van der Waals surface area contributed by atoms with Crippen LogP contribution in [0.15, 0.2) is 0 Å². The van der Waals surface area contributed by atoms with Crippen LogP contribution in [0.5, 0.6) is 0 Å². The summed E-state index contributed by atoms with van der Waals surface area (Å²) in [5.41, 5.74) is 0. The third-order valence-electron chi connectivity index (χ3n) is 4.86. The topological polar surface area (TPSA) is 73.2 Å². The van der Waals surface area contributed by atoms with Crippen LogP contribution in [0.3, 0.4) is 0 Å². The van der Waals surface area contributed by atoms with E-state index in [9.17, 15) is 15.3 Å². The van der Waals surface area contributed by atoms with Crippen LogP contribution in [0, 0.1) is 5.92 Å². The first kappa shape index (κ1) is 15.2. The molecule has 1 heterocycles. The minimum absolute atomic E-state index is 0.0986. The smallest absolute Gasteiger partial charge is 0.108 e. The molecule has 0 aromatic heterocycles. The Balaban J connectivity index is 1.85. The van der Waals surface area contributed by atoms with Gasteiger partial charge < -0.3 is 20.1 Å². The number of β-amino-alcohol motifs (C(OH)–C–C–N with tert-alkyl or cyclic N) is 1. The van der Waals surface area contributed by atoms with Crippen molar-refractivity contribution in [3.05, 3.63) is 0 Å². The number of methoxy groups -OCH3 is 1. The minimum atomic E-state index is -1.02. The summed E-state index contributed by atoms with van der Waals surface area (Å²) in [6, 6.07) is -0.0986. The molecule has 0 unspecified atom stereocenters. The van der Waals surface area contributed by atoms with E-state index in [1.165, 1.54) is 0 Å². The summed E-state index contributed by atoms with van der Waals surface area (Å²) in [6.45, 7) is 3.25. The number of rotatable bonds is 3. The summed E-state index contributed by atoms with van der Waals surface area (Å²) in [6.07, 6.45) is 2.13. The summed E-state index contributed by atoms with van der Waals surface area (Å²) in [7, 11) is 1.77. The first-order valence-corrected chi connectivity index (χ1v) is 7.34. The number of ether oxygens (including phenoxy) is 1. The fourth-order valence-corrected chi connectivity index (χ4v) is 3.37. The van der Waals surface area contributed by atoms with E-state index in [0.717, 1.165) is 32.2 Å². The Kier molecular flexibility index (Phi) is 5.20. The van der Waals surface area contributed by atoms with Crippen molar-refractivity contribution < 1.29 is 20.1 Å². The maximum atomic E-state index is 9.92. The molecule has 0 amide bonds. The Hall–Kier alpha value is -0.200. The maximum Gasteiger partial charge on any atom is 0.108 e. The number of hydrogen-bond donors (Lipinski definition) is 3. The highest BCUT2D eigenvalue weighted by Crippen LogP contribution is 2.28. The van der Waals surface area contributed by atoms with Gasteiger partial charge in [-0.25, -0.2) is 0 Å². The second-order valence-electron chi connectivity index (χ2n) is 6.12. The van der Waals surface area contributed by atoms with Crippen molar-refractivity contribution in [1.82, 2.24) is 4.90 Å². The molecule has 19 heavy (non-hydrogen) atoms. The van der Waals surface area contributed by atoms with Gasteiger partial charge in [0.2, 0.25) is 0 Å². The summed E-state index contributed by atoms with van der Waals surface area (Å²) < 4.78 is 5.37. The first-order chi connectivity index (χ1) is 9.02. The Morgan fingerprint density at radius 1 is 1.05 bits per heavy atom. The number of hydrogen-bond acceptors (Lipinski definition) is 5.